The van der Waals surface area contributed by atoms with Crippen molar-refractivity contribution in [3.8, 4) is 6.07 Å². The molecule has 0 saturated carbocycles. The van der Waals surface area contributed by atoms with Crippen molar-refractivity contribution in [2.24, 2.45) is 0 Å². The molecule has 1 aromatic carbocycles. The van der Waals surface area contributed by atoms with Crippen molar-refractivity contribution >= 4 is 5.69 Å². The molecule has 1 rings (SSSR count). The summed E-state index contributed by atoms with van der Waals surface area (Å²) in [7, 11) is 0. The van der Waals surface area contributed by atoms with E-state index in [9.17, 15) is 13.2 Å². The molecular weight excluding hydrogens is 217 g/mol. The zero-order valence-electron chi connectivity index (χ0n) is 8.89. The molecule has 5 heteroatoms. The number of nitriles is 1. The Kier molecular flexibility index (Phi) is 3.43. The molecule has 1 aromatic rings. The van der Waals surface area contributed by atoms with Gasteiger partial charge in [-0.3, -0.25) is 0 Å². The summed E-state index contributed by atoms with van der Waals surface area (Å²) in [6.07, 6.45) is -4.50. The highest BCUT2D eigenvalue weighted by molar-refractivity contribution is 5.53. The lowest BCUT2D eigenvalue weighted by molar-refractivity contribution is -0.137. The highest BCUT2D eigenvalue weighted by Crippen LogP contribution is 2.33. The van der Waals surface area contributed by atoms with E-state index in [-0.39, 0.29) is 11.6 Å². The van der Waals surface area contributed by atoms with Gasteiger partial charge >= 0.3 is 6.18 Å². The Morgan fingerprint density at radius 1 is 1.31 bits per heavy atom. The van der Waals surface area contributed by atoms with Crippen LogP contribution >= 0.6 is 0 Å². The first-order valence-corrected chi connectivity index (χ1v) is 4.72. The topological polar surface area (TPSA) is 35.8 Å². The Bertz CT molecular complexity index is 416. The molecule has 0 fully saturated rings. The molecule has 2 nitrogen and oxygen atoms in total. The van der Waals surface area contributed by atoms with Gasteiger partial charge in [-0.25, -0.2) is 0 Å². The molecule has 0 heterocycles. The molecule has 0 unspecified atom stereocenters. The van der Waals surface area contributed by atoms with Crippen LogP contribution in [0.5, 0.6) is 0 Å². The summed E-state index contributed by atoms with van der Waals surface area (Å²) < 4.78 is 37.7. The van der Waals surface area contributed by atoms with Crippen LogP contribution < -0.4 is 5.32 Å². The zero-order chi connectivity index (χ0) is 12.3. The van der Waals surface area contributed by atoms with Gasteiger partial charge in [0, 0.05) is 11.7 Å². The minimum absolute atomic E-state index is 0.0361. The number of halogens is 3. The van der Waals surface area contributed by atoms with Gasteiger partial charge in [-0.2, -0.15) is 18.4 Å². The maximum Gasteiger partial charge on any atom is 0.417 e. The number of anilines is 1. The van der Waals surface area contributed by atoms with E-state index in [2.05, 4.69) is 5.32 Å². The van der Waals surface area contributed by atoms with Gasteiger partial charge in [0.1, 0.15) is 0 Å². The van der Waals surface area contributed by atoms with Gasteiger partial charge in [-0.05, 0) is 32.0 Å². The van der Waals surface area contributed by atoms with E-state index < -0.39 is 11.7 Å². The quantitative estimate of drug-likeness (QED) is 0.842. The first kappa shape index (κ1) is 12.4. The average Bonchev–Trinajstić information content (AvgIpc) is 2.15. The Morgan fingerprint density at radius 3 is 2.38 bits per heavy atom. The number of alkyl halides is 3. The summed E-state index contributed by atoms with van der Waals surface area (Å²) in [6.45, 7) is 3.65. The number of nitrogens with one attached hydrogen (secondary N) is 1. The smallest absolute Gasteiger partial charge is 0.383 e. The van der Waals surface area contributed by atoms with Crippen molar-refractivity contribution in [1.82, 2.24) is 0 Å². The van der Waals surface area contributed by atoms with E-state index in [0.29, 0.717) is 5.69 Å². The molecule has 0 spiro atoms. The maximum absolute atomic E-state index is 12.6. The van der Waals surface area contributed by atoms with Crippen LogP contribution in [0.15, 0.2) is 18.2 Å². The van der Waals surface area contributed by atoms with Gasteiger partial charge in [-0.1, -0.05) is 0 Å². The molecule has 0 atom stereocenters. The molecule has 1 N–H and O–H groups in total. The lowest BCUT2D eigenvalue weighted by Crippen LogP contribution is -2.12. The van der Waals surface area contributed by atoms with Gasteiger partial charge < -0.3 is 5.32 Å². The van der Waals surface area contributed by atoms with Gasteiger partial charge in [-0.15, -0.1) is 0 Å². The van der Waals surface area contributed by atoms with Crippen LogP contribution in [0, 0.1) is 11.3 Å². The van der Waals surface area contributed by atoms with Crippen LogP contribution in [0.3, 0.4) is 0 Å². The molecule has 86 valence electrons. The van der Waals surface area contributed by atoms with Crippen LogP contribution in [0.4, 0.5) is 18.9 Å². The average molecular weight is 228 g/mol. The third kappa shape index (κ3) is 2.89. The molecule has 0 aliphatic rings. The van der Waals surface area contributed by atoms with E-state index in [0.717, 1.165) is 6.07 Å². The maximum atomic E-state index is 12.6. The SMILES string of the molecule is CC(C)Nc1ccc(C#N)c(C(F)(F)F)c1. The largest absolute Gasteiger partial charge is 0.417 e. The van der Waals surface area contributed by atoms with E-state index in [4.69, 9.17) is 5.26 Å². The predicted molar refractivity (Wildman–Crippen MR) is 54.9 cm³/mol. The number of hydrogen-bond donors (Lipinski definition) is 1. The van der Waals surface area contributed by atoms with Crippen LogP contribution in [-0.4, -0.2) is 6.04 Å². The molecule has 16 heavy (non-hydrogen) atoms. The molecule has 0 amide bonds. The fourth-order valence-corrected chi connectivity index (χ4v) is 1.30. The minimum atomic E-state index is -4.50. The van der Waals surface area contributed by atoms with E-state index in [1.165, 1.54) is 18.2 Å². The van der Waals surface area contributed by atoms with Crippen molar-refractivity contribution in [1.29, 1.82) is 5.26 Å². The predicted octanol–water partition coefficient (Wildman–Crippen LogP) is 3.40. The van der Waals surface area contributed by atoms with Crippen LogP contribution in [0.25, 0.3) is 0 Å². The Balaban J connectivity index is 3.18. The Hall–Kier alpha value is -1.70. The van der Waals surface area contributed by atoms with Gasteiger partial charge in [0.15, 0.2) is 0 Å². The van der Waals surface area contributed by atoms with Gasteiger partial charge in [0.2, 0.25) is 0 Å². The summed E-state index contributed by atoms with van der Waals surface area (Å²) in [5.41, 5.74) is -0.899. The lowest BCUT2D eigenvalue weighted by Gasteiger charge is -2.14. The monoisotopic (exact) mass is 228 g/mol. The van der Waals surface area contributed by atoms with Crippen molar-refractivity contribution in [3.63, 3.8) is 0 Å². The van der Waals surface area contributed by atoms with E-state index in [1.807, 2.05) is 13.8 Å². The summed E-state index contributed by atoms with van der Waals surface area (Å²) in [6, 6.07) is 5.17. The summed E-state index contributed by atoms with van der Waals surface area (Å²) in [4.78, 5) is 0. The van der Waals surface area contributed by atoms with Crippen LogP contribution in [0.2, 0.25) is 0 Å². The third-order valence-electron chi connectivity index (χ3n) is 1.90. The molecule has 0 aromatic heterocycles. The molecule has 0 saturated heterocycles. The Labute approximate surface area is 91.7 Å². The second kappa shape index (κ2) is 4.44. The summed E-state index contributed by atoms with van der Waals surface area (Å²) in [5.74, 6) is 0. The minimum Gasteiger partial charge on any atom is -0.383 e. The standard InChI is InChI=1S/C11H11F3N2/c1-7(2)16-9-4-3-8(6-15)10(5-9)11(12,13)14/h3-5,7,16H,1-2H3. The second-order valence-electron chi connectivity index (χ2n) is 3.67. The highest BCUT2D eigenvalue weighted by atomic mass is 19.4. The zero-order valence-corrected chi connectivity index (χ0v) is 8.89. The first-order valence-electron chi connectivity index (χ1n) is 4.72. The van der Waals surface area contributed by atoms with Crippen LogP contribution in [0.1, 0.15) is 25.0 Å². The highest BCUT2D eigenvalue weighted by Gasteiger charge is 2.33. The number of nitrogens with zero attached hydrogens (tertiary/aromatic N) is 1. The summed E-state index contributed by atoms with van der Waals surface area (Å²) >= 11 is 0. The first-order chi connectivity index (χ1) is 7.34. The Morgan fingerprint density at radius 2 is 1.94 bits per heavy atom. The lowest BCUT2D eigenvalue weighted by atomic mass is 10.1. The normalized spacial score (nSPS) is 11.3. The van der Waals surface area contributed by atoms with Crippen molar-refractivity contribution < 1.29 is 13.2 Å². The van der Waals surface area contributed by atoms with Crippen molar-refractivity contribution in [2.45, 2.75) is 26.1 Å². The summed E-state index contributed by atoms with van der Waals surface area (Å²) in [5, 5.41) is 11.4. The van der Waals surface area contributed by atoms with Crippen LogP contribution in [-0.2, 0) is 6.18 Å². The van der Waals surface area contributed by atoms with Crippen molar-refractivity contribution in [2.75, 3.05) is 5.32 Å². The van der Waals surface area contributed by atoms with Gasteiger partial charge in [0.25, 0.3) is 0 Å². The van der Waals surface area contributed by atoms with Gasteiger partial charge in [0.05, 0.1) is 17.2 Å². The second-order valence-corrected chi connectivity index (χ2v) is 3.67. The molecule has 0 radical (unpaired) electrons. The van der Waals surface area contributed by atoms with Crippen molar-refractivity contribution in [3.05, 3.63) is 29.3 Å². The molecule has 0 bridgehead atoms. The number of benzene rings is 1. The van der Waals surface area contributed by atoms with E-state index >= 15 is 0 Å². The fourth-order valence-electron chi connectivity index (χ4n) is 1.30. The number of hydrogen-bond acceptors (Lipinski definition) is 2. The number of rotatable bonds is 2. The molecular formula is C11H11F3N2. The van der Waals surface area contributed by atoms with E-state index in [1.54, 1.807) is 0 Å². The third-order valence-corrected chi connectivity index (χ3v) is 1.90. The molecule has 0 aliphatic heterocycles. The molecule has 0 aliphatic carbocycles. The fraction of sp³-hybridized carbons (Fsp3) is 0.364.